The SMILES string of the molecule is CCCn1ccnc1C(=O)C(C)(N)C(F)(F)F. The molecular weight excluding hydrogens is 235 g/mol. The van der Waals surface area contributed by atoms with Crippen LogP contribution in [0.15, 0.2) is 12.4 Å². The zero-order chi connectivity index (χ0) is 13.3. The quantitative estimate of drug-likeness (QED) is 0.827. The van der Waals surface area contributed by atoms with Gasteiger partial charge in [-0.3, -0.25) is 4.79 Å². The first-order valence-electron chi connectivity index (χ1n) is 5.13. The number of rotatable bonds is 4. The lowest BCUT2D eigenvalue weighted by molar-refractivity contribution is -0.166. The van der Waals surface area contributed by atoms with Crippen molar-refractivity contribution in [2.24, 2.45) is 5.73 Å². The van der Waals surface area contributed by atoms with E-state index in [1.807, 2.05) is 6.92 Å². The Balaban J connectivity index is 3.08. The van der Waals surface area contributed by atoms with Gasteiger partial charge in [0.15, 0.2) is 11.4 Å². The van der Waals surface area contributed by atoms with Gasteiger partial charge in [-0.25, -0.2) is 4.98 Å². The van der Waals surface area contributed by atoms with E-state index in [-0.39, 0.29) is 5.82 Å². The summed E-state index contributed by atoms with van der Waals surface area (Å²) < 4.78 is 39.2. The Morgan fingerprint density at radius 3 is 2.59 bits per heavy atom. The number of alkyl halides is 3. The first kappa shape index (κ1) is 13.7. The highest BCUT2D eigenvalue weighted by molar-refractivity contribution is 6.00. The highest BCUT2D eigenvalue weighted by Crippen LogP contribution is 2.30. The molecular formula is C10H14F3N3O. The summed E-state index contributed by atoms with van der Waals surface area (Å²) in [6, 6.07) is 0. The number of aryl methyl sites for hydroxylation is 1. The Labute approximate surface area is 96.6 Å². The van der Waals surface area contributed by atoms with E-state index in [4.69, 9.17) is 5.73 Å². The molecule has 1 aromatic heterocycles. The van der Waals surface area contributed by atoms with E-state index in [0.717, 1.165) is 0 Å². The number of carbonyl (C=O) groups is 1. The van der Waals surface area contributed by atoms with Crippen LogP contribution in [0.4, 0.5) is 13.2 Å². The van der Waals surface area contributed by atoms with Crippen LogP contribution in [0.25, 0.3) is 0 Å². The Morgan fingerprint density at radius 2 is 2.12 bits per heavy atom. The molecule has 0 aromatic carbocycles. The van der Waals surface area contributed by atoms with Crippen LogP contribution < -0.4 is 5.73 Å². The maximum absolute atomic E-state index is 12.6. The maximum atomic E-state index is 12.6. The third-order valence-electron chi connectivity index (χ3n) is 2.44. The van der Waals surface area contributed by atoms with Crippen LogP contribution in [-0.2, 0) is 6.54 Å². The van der Waals surface area contributed by atoms with Crippen LogP contribution in [0.2, 0.25) is 0 Å². The lowest BCUT2D eigenvalue weighted by Crippen LogP contribution is -2.57. The second-order valence-electron chi connectivity index (χ2n) is 3.97. The fraction of sp³-hybridized carbons (Fsp3) is 0.600. The molecule has 2 N–H and O–H groups in total. The molecule has 0 amide bonds. The van der Waals surface area contributed by atoms with Crippen LogP contribution >= 0.6 is 0 Å². The third-order valence-corrected chi connectivity index (χ3v) is 2.44. The van der Waals surface area contributed by atoms with Gasteiger partial charge in [0.05, 0.1) is 0 Å². The molecule has 96 valence electrons. The second-order valence-corrected chi connectivity index (χ2v) is 3.97. The largest absolute Gasteiger partial charge is 0.413 e. The number of hydrogen-bond acceptors (Lipinski definition) is 3. The zero-order valence-electron chi connectivity index (χ0n) is 9.58. The minimum atomic E-state index is -4.80. The lowest BCUT2D eigenvalue weighted by atomic mass is 9.96. The normalized spacial score (nSPS) is 15.6. The molecule has 7 heteroatoms. The molecule has 0 saturated carbocycles. The van der Waals surface area contributed by atoms with Crippen molar-refractivity contribution in [2.45, 2.75) is 38.5 Å². The number of Topliss-reactive ketones (excluding diaryl/α,β-unsaturated/α-hetero) is 1. The van der Waals surface area contributed by atoms with E-state index < -0.39 is 17.5 Å². The van der Waals surface area contributed by atoms with Crippen molar-refractivity contribution in [3.63, 3.8) is 0 Å². The Bertz CT molecular complexity index is 409. The van der Waals surface area contributed by atoms with Crippen molar-refractivity contribution >= 4 is 5.78 Å². The van der Waals surface area contributed by atoms with E-state index in [1.165, 1.54) is 17.0 Å². The molecule has 0 aliphatic heterocycles. The highest BCUT2D eigenvalue weighted by atomic mass is 19.4. The van der Waals surface area contributed by atoms with Crippen LogP contribution in [-0.4, -0.2) is 27.0 Å². The van der Waals surface area contributed by atoms with Gasteiger partial charge in [0.25, 0.3) is 0 Å². The molecule has 17 heavy (non-hydrogen) atoms. The molecule has 4 nitrogen and oxygen atoms in total. The Morgan fingerprint density at radius 1 is 1.53 bits per heavy atom. The molecule has 1 heterocycles. The number of carbonyl (C=O) groups excluding carboxylic acids is 1. The number of nitrogens with zero attached hydrogens (tertiary/aromatic N) is 2. The van der Waals surface area contributed by atoms with E-state index >= 15 is 0 Å². The molecule has 1 atom stereocenters. The topological polar surface area (TPSA) is 60.9 Å². The van der Waals surface area contributed by atoms with Gasteiger partial charge in [-0.05, 0) is 13.3 Å². The molecule has 0 aliphatic carbocycles. The molecule has 0 aliphatic rings. The van der Waals surface area contributed by atoms with Gasteiger partial charge in [-0.15, -0.1) is 0 Å². The van der Waals surface area contributed by atoms with Gasteiger partial charge in [-0.1, -0.05) is 6.92 Å². The Kier molecular flexibility index (Phi) is 3.61. The predicted molar refractivity (Wildman–Crippen MR) is 55.5 cm³/mol. The van der Waals surface area contributed by atoms with Crippen LogP contribution in [0.1, 0.15) is 30.9 Å². The highest BCUT2D eigenvalue weighted by Gasteiger charge is 2.54. The number of aromatic nitrogens is 2. The molecule has 1 aromatic rings. The first-order valence-corrected chi connectivity index (χ1v) is 5.13. The van der Waals surface area contributed by atoms with Crippen LogP contribution in [0.3, 0.4) is 0 Å². The van der Waals surface area contributed by atoms with Crippen molar-refractivity contribution in [1.29, 1.82) is 0 Å². The summed E-state index contributed by atoms with van der Waals surface area (Å²) in [5.74, 6) is -1.47. The van der Waals surface area contributed by atoms with E-state index in [1.54, 1.807) is 0 Å². The van der Waals surface area contributed by atoms with Gasteiger partial charge in [0.2, 0.25) is 5.78 Å². The van der Waals surface area contributed by atoms with Gasteiger partial charge >= 0.3 is 6.18 Å². The standard InChI is InChI=1S/C10H14F3N3O/c1-3-5-16-6-4-15-8(16)7(17)9(2,14)10(11,12)13/h4,6H,3,5,14H2,1-2H3. The molecule has 0 bridgehead atoms. The summed E-state index contributed by atoms with van der Waals surface area (Å²) in [5, 5.41) is 0. The van der Waals surface area contributed by atoms with Crippen molar-refractivity contribution in [3.05, 3.63) is 18.2 Å². The zero-order valence-corrected chi connectivity index (χ0v) is 9.58. The average molecular weight is 249 g/mol. The van der Waals surface area contributed by atoms with E-state index in [9.17, 15) is 18.0 Å². The lowest BCUT2D eigenvalue weighted by Gasteiger charge is -2.25. The maximum Gasteiger partial charge on any atom is 0.413 e. The van der Waals surface area contributed by atoms with E-state index in [2.05, 4.69) is 4.98 Å². The Hall–Kier alpha value is -1.37. The number of hydrogen-bond donors (Lipinski definition) is 1. The fourth-order valence-electron chi connectivity index (χ4n) is 1.30. The van der Waals surface area contributed by atoms with Gasteiger partial charge in [0.1, 0.15) is 0 Å². The smallest absolute Gasteiger partial charge is 0.328 e. The second kappa shape index (κ2) is 4.48. The fourth-order valence-corrected chi connectivity index (χ4v) is 1.30. The third kappa shape index (κ3) is 2.49. The molecule has 1 rings (SSSR count). The van der Waals surface area contributed by atoms with Gasteiger partial charge in [0, 0.05) is 18.9 Å². The van der Waals surface area contributed by atoms with Crippen LogP contribution in [0.5, 0.6) is 0 Å². The molecule has 0 saturated heterocycles. The minimum Gasteiger partial charge on any atom is -0.328 e. The molecule has 0 fully saturated rings. The molecule has 0 radical (unpaired) electrons. The minimum absolute atomic E-state index is 0.255. The summed E-state index contributed by atoms with van der Waals surface area (Å²) in [5.41, 5.74) is 2.15. The number of imidazole rings is 1. The summed E-state index contributed by atoms with van der Waals surface area (Å²) in [6.45, 7) is 2.93. The molecule has 0 spiro atoms. The summed E-state index contributed by atoms with van der Waals surface area (Å²) in [6.07, 6.45) is -1.37. The van der Waals surface area contributed by atoms with Crippen molar-refractivity contribution in [3.8, 4) is 0 Å². The summed E-state index contributed by atoms with van der Waals surface area (Å²) in [7, 11) is 0. The van der Waals surface area contributed by atoms with Gasteiger partial charge in [-0.2, -0.15) is 13.2 Å². The van der Waals surface area contributed by atoms with Crippen molar-refractivity contribution < 1.29 is 18.0 Å². The number of ketones is 1. The van der Waals surface area contributed by atoms with Gasteiger partial charge < -0.3 is 10.3 Å². The van der Waals surface area contributed by atoms with E-state index in [0.29, 0.717) is 19.9 Å². The first-order chi connectivity index (χ1) is 7.71. The van der Waals surface area contributed by atoms with Crippen molar-refractivity contribution in [2.75, 3.05) is 0 Å². The predicted octanol–water partition coefficient (Wildman–Crippen LogP) is 1.76. The summed E-state index contributed by atoms with van der Waals surface area (Å²) in [4.78, 5) is 15.4. The summed E-state index contributed by atoms with van der Waals surface area (Å²) >= 11 is 0. The van der Waals surface area contributed by atoms with Crippen molar-refractivity contribution in [1.82, 2.24) is 9.55 Å². The number of halogens is 3. The average Bonchev–Trinajstić information content (AvgIpc) is 2.63. The number of nitrogens with two attached hydrogens (primary N) is 1. The van der Waals surface area contributed by atoms with Crippen LogP contribution in [0, 0.1) is 0 Å². The molecule has 1 unspecified atom stereocenters. The monoisotopic (exact) mass is 249 g/mol.